The maximum absolute atomic E-state index is 9.11. The summed E-state index contributed by atoms with van der Waals surface area (Å²) in [5, 5.41) is 15.2. The molecule has 0 aromatic rings. The van der Waals surface area contributed by atoms with Crippen LogP contribution in [-0.4, -0.2) is 34.0 Å². The molecule has 1 heterocycles. The highest BCUT2D eigenvalue weighted by Gasteiger charge is 2.35. The van der Waals surface area contributed by atoms with E-state index in [2.05, 4.69) is 31.9 Å². The first-order valence-electron chi connectivity index (χ1n) is 4.88. The number of nitrogens with zero attached hydrogens (tertiary/aromatic N) is 4. The van der Waals surface area contributed by atoms with Crippen LogP contribution < -0.4 is 0 Å². The molecule has 0 saturated heterocycles. The molecule has 1 rings (SSSR count). The number of hydrazone groups is 1. The minimum Gasteiger partial charge on any atom is -0.323 e. The van der Waals surface area contributed by atoms with Gasteiger partial charge in [0.25, 0.3) is 0 Å². The minimum atomic E-state index is -0.269. The molecule has 14 heavy (non-hydrogen) atoms. The molecule has 1 unspecified atom stereocenters. The molecule has 0 radical (unpaired) electrons. The normalized spacial score (nSPS) is 21.9. The van der Waals surface area contributed by atoms with Gasteiger partial charge in [0, 0.05) is 11.6 Å². The Morgan fingerprint density at radius 2 is 2.00 bits per heavy atom. The van der Waals surface area contributed by atoms with Crippen LogP contribution in [0, 0.1) is 11.3 Å². The highest BCUT2D eigenvalue weighted by molar-refractivity contribution is 5.59. The van der Waals surface area contributed by atoms with Gasteiger partial charge in [0.1, 0.15) is 12.4 Å². The van der Waals surface area contributed by atoms with E-state index in [9.17, 15) is 0 Å². The summed E-state index contributed by atoms with van der Waals surface area (Å²) in [6, 6.07) is 2.53. The SMILES string of the molecule is CC(C)N1N=CN(C(C)(C)C)C1C#N. The molecule has 4 nitrogen and oxygen atoms in total. The van der Waals surface area contributed by atoms with Gasteiger partial charge in [0.05, 0.1) is 0 Å². The Kier molecular flexibility index (Phi) is 2.70. The number of rotatable bonds is 1. The molecule has 0 bridgehead atoms. The third kappa shape index (κ3) is 1.82. The van der Waals surface area contributed by atoms with Gasteiger partial charge in [-0.25, -0.2) is 0 Å². The monoisotopic (exact) mass is 194 g/mol. The average Bonchev–Trinajstić information content (AvgIpc) is 2.45. The number of hydrogen-bond donors (Lipinski definition) is 0. The minimum absolute atomic E-state index is 0.0620. The molecule has 0 aliphatic carbocycles. The zero-order valence-electron chi connectivity index (χ0n) is 9.52. The van der Waals surface area contributed by atoms with Gasteiger partial charge < -0.3 is 4.90 Å². The predicted octanol–water partition coefficient (Wildman–Crippen LogP) is 1.60. The Labute approximate surface area is 85.8 Å². The lowest BCUT2D eigenvalue weighted by atomic mass is 10.1. The number of nitriles is 1. The Morgan fingerprint density at radius 3 is 2.36 bits per heavy atom. The summed E-state index contributed by atoms with van der Waals surface area (Å²) < 4.78 is 0. The van der Waals surface area contributed by atoms with Crippen molar-refractivity contribution in [3.05, 3.63) is 0 Å². The van der Waals surface area contributed by atoms with Crippen LogP contribution in [0.25, 0.3) is 0 Å². The van der Waals surface area contributed by atoms with Gasteiger partial charge in [0.15, 0.2) is 0 Å². The van der Waals surface area contributed by atoms with Gasteiger partial charge in [-0.2, -0.15) is 10.4 Å². The van der Waals surface area contributed by atoms with Gasteiger partial charge in [-0.3, -0.25) is 5.01 Å². The summed E-state index contributed by atoms with van der Waals surface area (Å²) in [7, 11) is 0. The van der Waals surface area contributed by atoms with Crippen molar-refractivity contribution in [2.24, 2.45) is 5.10 Å². The van der Waals surface area contributed by atoms with Crippen molar-refractivity contribution < 1.29 is 0 Å². The van der Waals surface area contributed by atoms with Crippen LogP contribution in [0.4, 0.5) is 0 Å². The van der Waals surface area contributed by atoms with E-state index in [0.717, 1.165) is 0 Å². The predicted molar refractivity (Wildman–Crippen MR) is 56.5 cm³/mol. The summed E-state index contributed by atoms with van der Waals surface area (Å²) in [4.78, 5) is 1.98. The second kappa shape index (κ2) is 3.49. The molecular formula is C10H18N4. The summed E-state index contributed by atoms with van der Waals surface area (Å²) in [6.45, 7) is 10.3. The smallest absolute Gasteiger partial charge is 0.208 e. The van der Waals surface area contributed by atoms with Crippen molar-refractivity contribution in [1.82, 2.24) is 9.91 Å². The quantitative estimate of drug-likeness (QED) is 0.637. The van der Waals surface area contributed by atoms with Gasteiger partial charge in [0.2, 0.25) is 6.17 Å². The maximum Gasteiger partial charge on any atom is 0.208 e. The lowest BCUT2D eigenvalue weighted by molar-refractivity contribution is 0.0921. The van der Waals surface area contributed by atoms with Crippen molar-refractivity contribution in [3.8, 4) is 6.07 Å². The largest absolute Gasteiger partial charge is 0.323 e. The zero-order chi connectivity index (χ0) is 10.9. The summed E-state index contributed by atoms with van der Waals surface area (Å²) >= 11 is 0. The second-order valence-corrected chi connectivity index (χ2v) is 4.79. The van der Waals surface area contributed by atoms with E-state index < -0.39 is 0 Å². The van der Waals surface area contributed by atoms with E-state index in [1.165, 1.54) is 0 Å². The van der Waals surface area contributed by atoms with Crippen LogP contribution >= 0.6 is 0 Å². The first kappa shape index (κ1) is 10.8. The molecule has 0 aromatic heterocycles. The topological polar surface area (TPSA) is 42.6 Å². The Bertz CT molecular complexity index is 269. The fraction of sp³-hybridized carbons (Fsp3) is 0.800. The first-order valence-corrected chi connectivity index (χ1v) is 4.88. The van der Waals surface area contributed by atoms with E-state index >= 15 is 0 Å². The summed E-state index contributed by atoms with van der Waals surface area (Å²) in [5.74, 6) is 0. The van der Waals surface area contributed by atoms with E-state index in [4.69, 9.17) is 5.26 Å². The van der Waals surface area contributed by atoms with Crippen LogP contribution in [0.3, 0.4) is 0 Å². The Hall–Kier alpha value is -1.24. The van der Waals surface area contributed by atoms with Crippen LogP contribution in [0.5, 0.6) is 0 Å². The lowest BCUT2D eigenvalue weighted by Crippen LogP contribution is -2.49. The van der Waals surface area contributed by atoms with E-state index in [0.29, 0.717) is 0 Å². The third-order valence-electron chi connectivity index (χ3n) is 2.24. The maximum atomic E-state index is 9.11. The Balaban J connectivity index is 2.87. The molecule has 4 heteroatoms. The third-order valence-corrected chi connectivity index (χ3v) is 2.24. The molecule has 78 valence electrons. The molecule has 1 atom stereocenters. The highest BCUT2D eigenvalue weighted by Crippen LogP contribution is 2.23. The van der Waals surface area contributed by atoms with Crippen molar-refractivity contribution in [3.63, 3.8) is 0 Å². The molecule has 1 aliphatic heterocycles. The molecule has 1 aliphatic rings. The van der Waals surface area contributed by atoms with Crippen molar-refractivity contribution in [2.45, 2.75) is 52.4 Å². The fourth-order valence-electron chi connectivity index (χ4n) is 1.45. The van der Waals surface area contributed by atoms with Crippen LogP contribution in [0.1, 0.15) is 34.6 Å². The Morgan fingerprint density at radius 1 is 1.43 bits per heavy atom. The first-order chi connectivity index (χ1) is 6.38. The standard InChI is InChI=1S/C10H18N4/c1-8(2)14-9(6-11)13(7-12-14)10(3,4)5/h7-9H,1-5H3. The fourth-order valence-corrected chi connectivity index (χ4v) is 1.45. The lowest BCUT2D eigenvalue weighted by Gasteiger charge is -2.36. The van der Waals surface area contributed by atoms with Gasteiger partial charge in [-0.15, -0.1) is 0 Å². The van der Waals surface area contributed by atoms with Gasteiger partial charge in [-0.1, -0.05) is 0 Å². The number of hydrogen-bond acceptors (Lipinski definition) is 4. The van der Waals surface area contributed by atoms with E-state index in [1.54, 1.807) is 6.34 Å². The zero-order valence-corrected chi connectivity index (χ0v) is 9.52. The van der Waals surface area contributed by atoms with E-state index in [-0.39, 0.29) is 17.7 Å². The molecule has 0 aromatic carbocycles. The average molecular weight is 194 g/mol. The highest BCUT2D eigenvalue weighted by atomic mass is 15.6. The van der Waals surface area contributed by atoms with Crippen molar-refractivity contribution in [1.29, 1.82) is 5.26 Å². The second-order valence-electron chi connectivity index (χ2n) is 4.79. The van der Waals surface area contributed by atoms with E-state index in [1.807, 2.05) is 23.8 Å². The van der Waals surface area contributed by atoms with Crippen LogP contribution in [0.15, 0.2) is 5.10 Å². The molecule has 0 spiro atoms. The van der Waals surface area contributed by atoms with Crippen molar-refractivity contribution in [2.75, 3.05) is 0 Å². The van der Waals surface area contributed by atoms with Gasteiger partial charge >= 0.3 is 0 Å². The summed E-state index contributed by atoms with van der Waals surface area (Å²) in [5.41, 5.74) is -0.0620. The van der Waals surface area contributed by atoms with Crippen molar-refractivity contribution >= 4 is 6.34 Å². The molecule has 0 fully saturated rings. The van der Waals surface area contributed by atoms with Crippen LogP contribution in [-0.2, 0) is 0 Å². The summed E-state index contributed by atoms with van der Waals surface area (Å²) in [6.07, 6.45) is 1.49. The molecular weight excluding hydrogens is 176 g/mol. The van der Waals surface area contributed by atoms with Crippen LogP contribution in [0.2, 0.25) is 0 Å². The van der Waals surface area contributed by atoms with Gasteiger partial charge in [-0.05, 0) is 34.6 Å². The molecule has 0 amide bonds. The molecule has 0 N–H and O–H groups in total. The molecule has 0 saturated carbocycles.